The zero-order chi connectivity index (χ0) is 22.3. The fourth-order valence-electron chi connectivity index (χ4n) is 4.01. The van der Waals surface area contributed by atoms with Gasteiger partial charge in [-0.15, -0.1) is 0 Å². The van der Waals surface area contributed by atoms with Crippen LogP contribution in [0.2, 0.25) is 5.02 Å². The zero-order valence-corrected chi connectivity index (χ0v) is 18.7. The smallest absolute Gasteiger partial charge is 0.222 e. The quantitative estimate of drug-likeness (QED) is 0.649. The maximum absolute atomic E-state index is 12.9. The molecule has 1 fully saturated rings. The molecule has 1 atom stereocenters. The van der Waals surface area contributed by atoms with Crippen LogP contribution >= 0.6 is 11.6 Å². The van der Waals surface area contributed by atoms with E-state index < -0.39 is 6.04 Å². The standard InChI is InChI=1S/C24H29ClN2O4/c1-17(28)27-22(18-6-8-21(30-2)9-7-18)15-23(29)26-16-24(10-12-31-13-11-24)19-4-3-5-20(25)14-19/h3-9,14,22H,10-13,15-16H2,1-2H3,(H,26,29)(H,27,28). The molecule has 7 heteroatoms. The Morgan fingerprint density at radius 3 is 2.48 bits per heavy atom. The Morgan fingerprint density at radius 1 is 1.16 bits per heavy atom. The molecule has 2 N–H and O–H groups in total. The number of benzene rings is 2. The van der Waals surface area contributed by atoms with Gasteiger partial charge in [0.25, 0.3) is 0 Å². The minimum absolute atomic E-state index is 0.123. The van der Waals surface area contributed by atoms with E-state index in [-0.39, 0.29) is 23.7 Å². The highest BCUT2D eigenvalue weighted by Crippen LogP contribution is 2.35. The molecule has 2 aromatic rings. The first kappa shape index (κ1) is 23.1. The van der Waals surface area contributed by atoms with Gasteiger partial charge >= 0.3 is 0 Å². The van der Waals surface area contributed by atoms with Crippen molar-refractivity contribution < 1.29 is 19.1 Å². The summed E-state index contributed by atoms with van der Waals surface area (Å²) >= 11 is 6.23. The lowest BCUT2D eigenvalue weighted by molar-refractivity contribution is -0.123. The summed E-state index contributed by atoms with van der Waals surface area (Å²) in [6.07, 6.45) is 1.76. The number of nitrogens with one attached hydrogen (secondary N) is 2. The van der Waals surface area contributed by atoms with Crippen LogP contribution in [0.25, 0.3) is 0 Å². The monoisotopic (exact) mass is 444 g/mol. The van der Waals surface area contributed by atoms with Crippen molar-refractivity contribution in [2.24, 2.45) is 0 Å². The number of methoxy groups -OCH3 is 1. The first-order valence-corrected chi connectivity index (χ1v) is 10.8. The lowest BCUT2D eigenvalue weighted by atomic mass is 9.74. The Hall–Kier alpha value is -2.57. The van der Waals surface area contributed by atoms with Gasteiger partial charge in [0.15, 0.2) is 0 Å². The number of carbonyl (C=O) groups excluding carboxylic acids is 2. The van der Waals surface area contributed by atoms with E-state index in [2.05, 4.69) is 16.7 Å². The first-order valence-electron chi connectivity index (χ1n) is 10.4. The zero-order valence-electron chi connectivity index (χ0n) is 17.9. The predicted molar refractivity (Wildman–Crippen MR) is 120 cm³/mol. The van der Waals surface area contributed by atoms with Gasteiger partial charge in [-0.25, -0.2) is 0 Å². The second kappa shape index (κ2) is 10.6. The van der Waals surface area contributed by atoms with Crippen LogP contribution in [-0.4, -0.2) is 38.7 Å². The Morgan fingerprint density at radius 2 is 1.87 bits per heavy atom. The maximum atomic E-state index is 12.9. The van der Waals surface area contributed by atoms with E-state index in [1.54, 1.807) is 7.11 Å². The molecule has 0 radical (unpaired) electrons. The van der Waals surface area contributed by atoms with Crippen molar-refractivity contribution in [2.45, 2.75) is 37.6 Å². The molecule has 1 aliphatic heterocycles. The lowest BCUT2D eigenvalue weighted by Crippen LogP contribution is -2.45. The van der Waals surface area contributed by atoms with Gasteiger partial charge in [0, 0.05) is 37.1 Å². The third kappa shape index (κ3) is 6.21. The molecule has 2 aromatic carbocycles. The van der Waals surface area contributed by atoms with E-state index in [0.29, 0.717) is 24.8 Å². The molecule has 1 aliphatic rings. The Kier molecular flexibility index (Phi) is 7.93. The minimum Gasteiger partial charge on any atom is -0.497 e. The fraction of sp³-hybridized carbons (Fsp3) is 0.417. The Balaban J connectivity index is 1.70. The van der Waals surface area contributed by atoms with Crippen LogP contribution in [0.15, 0.2) is 48.5 Å². The highest BCUT2D eigenvalue weighted by molar-refractivity contribution is 6.30. The molecule has 1 saturated heterocycles. The van der Waals surface area contributed by atoms with Crippen molar-refractivity contribution in [1.29, 1.82) is 0 Å². The third-order valence-electron chi connectivity index (χ3n) is 5.80. The molecule has 0 spiro atoms. The summed E-state index contributed by atoms with van der Waals surface area (Å²) < 4.78 is 10.8. The second-order valence-corrected chi connectivity index (χ2v) is 8.35. The van der Waals surface area contributed by atoms with E-state index in [0.717, 1.165) is 29.7 Å². The molecular weight excluding hydrogens is 416 g/mol. The van der Waals surface area contributed by atoms with Crippen molar-refractivity contribution in [2.75, 3.05) is 26.9 Å². The van der Waals surface area contributed by atoms with Gasteiger partial charge in [-0.2, -0.15) is 0 Å². The summed E-state index contributed by atoms with van der Waals surface area (Å²) in [6.45, 7) is 3.22. The van der Waals surface area contributed by atoms with Gasteiger partial charge in [-0.3, -0.25) is 9.59 Å². The van der Waals surface area contributed by atoms with Crippen LogP contribution in [0.1, 0.15) is 43.4 Å². The average molecular weight is 445 g/mol. The molecule has 6 nitrogen and oxygen atoms in total. The van der Waals surface area contributed by atoms with Crippen molar-refractivity contribution in [1.82, 2.24) is 10.6 Å². The van der Waals surface area contributed by atoms with Crippen LogP contribution in [0.3, 0.4) is 0 Å². The van der Waals surface area contributed by atoms with Crippen molar-refractivity contribution in [3.05, 3.63) is 64.7 Å². The number of amides is 2. The number of ether oxygens (including phenoxy) is 2. The summed E-state index contributed by atoms with van der Waals surface area (Å²) in [7, 11) is 1.60. The molecule has 1 heterocycles. The van der Waals surface area contributed by atoms with Gasteiger partial charge in [-0.05, 0) is 48.2 Å². The van der Waals surface area contributed by atoms with Crippen LogP contribution in [-0.2, 0) is 19.7 Å². The van der Waals surface area contributed by atoms with E-state index >= 15 is 0 Å². The topological polar surface area (TPSA) is 76.7 Å². The van der Waals surface area contributed by atoms with Crippen LogP contribution in [0, 0.1) is 0 Å². The highest BCUT2D eigenvalue weighted by atomic mass is 35.5. The molecule has 0 aromatic heterocycles. The highest BCUT2D eigenvalue weighted by Gasteiger charge is 2.35. The summed E-state index contributed by atoms with van der Waals surface area (Å²) in [5, 5.41) is 6.65. The summed E-state index contributed by atoms with van der Waals surface area (Å²) in [6, 6.07) is 14.8. The van der Waals surface area contributed by atoms with Gasteiger partial charge in [0.05, 0.1) is 19.6 Å². The summed E-state index contributed by atoms with van der Waals surface area (Å²) in [4.78, 5) is 24.6. The fourth-order valence-corrected chi connectivity index (χ4v) is 4.20. The second-order valence-electron chi connectivity index (χ2n) is 7.91. The summed E-state index contributed by atoms with van der Waals surface area (Å²) in [5.74, 6) is 0.411. The van der Waals surface area contributed by atoms with Crippen molar-refractivity contribution in [3.63, 3.8) is 0 Å². The van der Waals surface area contributed by atoms with Gasteiger partial charge < -0.3 is 20.1 Å². The molecule has 0 bridgehead atoms. The number of hydrogen-bond donors (Lipinski definition) is 2. The van der Waals surface area contributed by atoms with Gasteiger partial charge in [0.2, 0.25) is 11.8 Å². The molecule has 0 saturated carbocycles. The Labute approximate surface area is 188 Å². The molecular formula is C24H29ClN2O4. The lowest BCUT2D eigenvalue weighted by Gasteiger charge is -2.38. The predicted octanol–water partition coefficient (Wildman–Crippen LogP) is 3.78. The molecule has 0 aliphatic carbocycles. The van der Waals surface area contributed by atoms with Crippen LogP contribution < -0.4 is 15.4 Å². The number of hydrogen-bond acceptors (Lipinski definition) is 4. The SMILES string of the molecule is COc1ccc(C(CC(=O)NCC2(c3cccc(Cl)c3)CCOCC2)NC(C)=O)cc1. The molecule has 166 valence electrons. The first-order chi connectivity index (χ1) is 14.9. The number of rotatable bonds is 8. The largest absolute Gasteiger partial charge is 0.497 e. The normalized spacial score (nSPS) is 16.2. The third-order valence-corrected chi connectivity index (χ3v) is 6.03. The molecule has 3 rings (SSSR count). The van der Waals surface area contributed by atoms with E-state index in [1.165, 1.54) is 6.92 Å². The average Bonchev–Trinajstić information content (AvgIpc) is 2.78. The van der Waals surface area contributed by atoms with E-state index in [1.807, 2.05) is 42.5 Å². The summed E-state index contributed by atoms with van der Waals surface area (Å²) in [5.41, 5.74) is 1.74. The number of halogens is 1. The maximum Gasteiger partial charge on any atom is 0.222 e. The van der Waals surface area contributed by atoms with Crippen molar-refractivity contribution in [3.8, 4) is 5.75 Å². The van der Waals surface area contributed by atoms with E-state index in [9.17, 15) is 9.59 Å². The Bertz CT molecular complexity index is 895. The molecule has 1 unspecified atom stereocenters. The van der Waals surface area contributed by atoms with Crippen LogP contribution in [0.4, 0.5) is 0 Å². The molecule has 31 heavy (non-hydrogen) atoms. The van der Waals surface area contributed by atoms with Crippen molar-refractivity contribution >= 4 is 23.4 Å². The van der Waals surface area contributed by atoms with Crippen LogP contribution in [0.5, 0.6) is 5.75 Å². The van der Waals surface area contributed by atoms with E-state index in [4.69, 9.17) is 21.1 Å². The minimum atomic E-state index is -0.416. The van der Waals surface area contributed by atoms with Gasteiger partial charge in [-0.1, -0.05) is 35.9 Å². The van der Waals surface area contributed by atoms with Gasteiger partial charge in [0.1, 0.15) is 5.75 Å². The number of carbonyl (C=O) groups is 2. The molecule has 2 amide bonds.